The van der Waals surface area contributed by atoms with Crippen LogP contribution in [0.4, 0.5) is 0 Å². The first-order valence-electron chi connectivity index (χ1n) is 5.20. The molecule has 16 heavy (non-hydrogen) atoms. The van der Waals surface area contributed by atoms with Gasteiger partial charge in [0.15, 0.2) is 0 Å². The molecular formula is C12H17ClO2S. The Labute approximate surface area is 106 Å². The summed E-state index contributed by atoms with van der Waals surface area (Å²) in [5.41, 5.74) is 0. The number of alkyl halides is 1. The molecule has 0 radical (unpaired) electrons. The Balaban J connectivity index is 2.21. The third-order valence-electron chi connectivity index (χ3n) is 2.03. The zero-order chi connectivity index (χ0) is 11.8. The molecule has 1 rings (SSSR count). The first-order chi connectivity index (χ1) is 7.76. The summed E-state index contributed by atoms with van der Waals surface area (Å²) >= 11 is 7.53. The molecule has 1 aromatic rings. The van der Waals surface area contributed by atoms with E-state index in [-0.39, 0.29) is 0 Å². The molecule has 0 amide bonds. The van der Waals surface area contributed by atoms with Crippen molar-refractivity contribution in [1.82, 2.24) is 0 Å². The van der Waals surface area contributed by atoms with Crippen molar-refractivity contribution in [3.05, 3.63) is 24.3 Å². The third-order valence-corrected chi connectivity index (χ3v) is 3.82. The topological polar surface area (TPSA) is 18.5 Å². The summed E-state index contributed by atoms with van der Waals surface area (Å²) in [7, 11) is 1.65. The molecule has 0 saturated carbocycles. The van der Waals surface area contributed by atoms with Crippen LogP contribution in [0.1, 0.15) is 6.92 Å². The minimum absolute atomic E-state index is 0.487. The fourth-order valence-electron chi connectivity index (χ4n) is 1.13. The lowest BCUT2D eigenvalue weighted by molar-refractivity contribution is 0.342. The van der Waals surface area contributed by atoms with Crippen LogP contribution in [0.25, 0.3) is 0 Å². The Morgan fingerprint density at radius 2 is 1.88 bits per heavy atom. The average molecular weight is 261 g/mol. The standard InChI is InChI=1S/C12H17ClO2S/c1-10(9-13)16-8-7-15-12-5-3-11(14-2)4-6-12/h3-6,10H,7-9H2,1-2H3. The van der Waals surface area contributed by atoms with Gasteiger partial charge in [0.2, 0.25) is 0 Å². The lowest BCUT2D eigenvalue weighted by Gasteiger charge is -2.09. The second-order valence-electron chi connectivity index (χ2n) is 3.36. The van der Waals surface area contributed by atoms with Crippen LogP contribution in [0, 0.1) is 0 Å². The van der Waals surface area contributed by atoms with Crippen LogP contribution in [0.5, 0.6) is 11.5 Å². The molecule has 0 aromatic heterocycles. The third kappa shape index (κ3) is 4.99. The van der Waals surface area contributed by atoms with Crippen LogP contribution in [-0.4, -0.2) is 30.6 Å². The molecule has 0 aliphatic carbocycles. The van der Waals surface area contributed by atoms with Crippen molar-refractivity contribution in [2.75, 3.05) is 25.3 Å². The Morgan fingerprint density at radius 3 is 2.44 bits per heavy atom. The number of thioether (sulfide) groups is 1. The molecule has 4 heteroatoms. The van der Waals surface area contributed by atoms with Gasteiger partial charge >= 0.3 is 0 Å². The first kappa shape index (κ1) is 13.5. The number of rotatable bonds is 7. The smallest absolute Gasteiger partial charge is 0.119 e. The van der Waals surface area contributed by atoms with Gasteiger partial charge in [-0.3, -0.25) is 0 Å². The van der Waals surface area contributed by atoms with Crippen molar-refractivity contribution >= 4 is 23.4 Å². The summed E-state index contributed by atoms with van der Waals surface area (Å²) in [6.07, 6.45) is 0. The zero-order valence-corrected chi connectivity index (χ0v) is 11.2. The summed E-state index contributed by atoms with van der Waals surface area (Å²) in [5.74, 6) is 3.37. The van der Waals surface area contributed by atoms with E-state index in [9.17, 15) is 0 Å². The maximum atomic E-state index is 5.71. The van der Waals surface area contributed by atoms with Gasteiger partial charge in [0.1, 0.15) is 11.5 Å². The van der Waals surface area contributed by atoms with Crippen molar-refractivity contribution in [3.63, 3.8) is 0 Å². The molecule has 90 valence electrons. The number of ether oxygens (including phenoxy) is 2. The second kappa shape index (κ2) is 7.69. The van der Waals surface area contributed by atoms with Gasteiger partial charge in [-0.1, -0.05) is 6.92 Å². The Hall–Kier alpha value is -0.540. The average Bonchev–Trinajstić information content (AvgIpc) is 2.35. The molecule has 1 aromatic carbocycles. The number of benzene rings is 1. The number of hydrogen-bond donors (Lipinski definition) is 0. The van der Waals surface area contributed by atoms with Crippen molar-refractivity contribution in [2.24, 2.45) is 0 Å². The first-order valence-corrected chi connectivity index (χ1v) is 6.79. The number of halogens is 1. The van der Waals surface area contributed by atoms with Gasteiger partial charge in [-0.2, -0.15) is 11.8 Å². The highest BCUT2D eigenvalue weighted by Gasteiger charge is 2.00. The van der Waals surface area contributed by atoms with Crippen LogP contribution in [0.3, 0.4) is 0 Å². The molecular weight excluding hydrogens is 244 g/mol. The van der Waals surface area contributed by atoms with Crippen LogP contribution in [0.15, 0.2) is 24.3 Å². The Kier molecular flexibility index (Phi) is 6.50. The minimum Gasteiger partial charge on any atom is -0.497 e. The van der Waals surface area contributed by atoms with E-state index in [1.54, 1.807) is 7.11 Å². The molecule has 0 aliphatic heterocycles. The maximum Gasteiger partial charge on any atom is 0.119 e. The van der Waals surface area contributed by atoms with E-state index in [0.717, 1.165) is 17.3 Å². The van der Waals surface area contributed by atoms with Gasteiger partial charge < -0.3 is 9.47 Å². The Bertz CT molecular complexity index is 290. The highest BCUT2D eigenvalue weighted by atomic mass is 35.5. The molecule has 0 spiro atoms. The van der Waals surface area contributed by atoms with Crippen molar-refractivity contribution in [3.8, 4) is 11.5 Å². The van der Waals surface area contributed by atoms with Crippen molar-refractivity contribution in [1.29, 1.82) is 0 Å². The normalized spacial score (nSPS) is 12.2. The van der Waals surface area contributed by atoms with Crippen LogP contribution in [0.2, 0.25) is 0 Å². The van der Waals surface area contributed by atoms with E-state index in [0.29, 0.717) is 17.7 Å². The van der Waals surface area contributed by atoms with E-state index >= 15 is 0 Å². The van der Waals surface area contributed by atoms with Gasteiger partial charge in [0.25, 0.3) is 0 Å². The van der Waals surface area contributed by atoms with E-state index < -0.39 is 0 Å². The Morgan fingerprint density at radius 1 is 1.25 bits per heavy atom. The van der Waals surface area contributed by atoms with Crippen molar-refractivity contribution in [2.45, 2.75) is 12.2 Å². The molecule has 1 atom stereocenters. The van der Waals surface area contributed by atoms with Gasteiger partial charge in [0, 0.05) is 16.9 Å². The molecule has 0 bridgehead atoms. The highest BCUT2D eigenvalue weighted by molar-refractivity contribution is 7.99. The molecule has 0 fully saturated rings. The molecule has 0 heterocycles. The second-order valence-corrected chi connectivity index (χ2v) is 5.21. The summed E-state index contributed by atoms with van der Waals surface area (Å²) < 4.78 is 10.6. The summed E-state index contributed by atoms with van der Waals surface area (Å²) in [5, 5.41) is 0.487. The number of hydrogen-bond acceptors (Lipinski definition) is 3. The highest BCUT2D eigenvalue weighted by Crippen LogP contribution is 2.18. The van der Waals surface area contributed by atoms with Gasteiger partial charge in [-0.15, -0.1) is 11.6 Å². The summed E-state index contributed by atoms with van der Waals surface area (Å²) in [6.45, 7) is 2.82. The van der Waals surface area contributed by atoms with Gasteiger partial charge in [-0.25, -0.2) is 0 Å². The van der Waals surface area contributed by atoms with Gasteiger partial charge in [-0.05, 0) is 24.3 Å². The molecule has 0 aliphatic rings. The summed E-state index contributed by atoms with van der Waals surface area (Å²) in [4.78, 5) is 0. The monoisotopic (exact) mass is 260 g/mol. The molecule has 1 unspecified atom stereocenters. The van der Waals surface area contributed by atoms with E-state index in [2.05, 4.69) is 6.92 Å². The fourth-order valence-corrected chi connectivity index (χ4v) is 2.06. The molecule has 0 N–H and O–H groups in total. The van der Waals surface area contributed by atoms with Crippen LogP contribution in [-0.2, 0) is 0 Å². The predicted molar refractivity (Wildman–Crippen MR) is 71.1 cm³/mol. The SMILES string of the molecule is COc1ccc(OCCSC(C)CCl)cc1. The fraction of sp³-hybridized carbons (Fsp3) is 0.500. The lowest BCUT2D eigenvalue weighted by Crippen LogP contribution is -2.05. The lowest BCUT2D eigenvalue weighted by atomic mass is 10.3. The van der Waals surface area contributed by atoms with E-state index in [1.807, 2.05) is 36.0 Å². The largest absolute Gasteiger partial charge is 0.497 e. The van der Waals surface area contributed by atoms with Crippen LogP contribution >= 0.6 is 23.4 Å². The van der Waals surface area contributed by atoms with E-state index in [4.69, 9.17) is 21.1 Å². The van der Waals surface area contributed by atoms with Crippen molar-refractivity contribution < 1.29 is 9.47 Å². The predicted octanol–water partition coefficient (Wildman–Crippen LogP) is 3.43. The van der Waals surface area contributed by atoms with E-state index in [1.165, 1.54) is 0 Å². The van der Waals surface area contributed by atoms with Gasteiger partial charge in [0.05, 0.1) is 13.7 Å². The minimum atomic E-state index is 0.487. The quantitative estimate of drug-likeness (QED) is 0.553. The zero-order valence-electron chi connectivity index (χ0n) is 9.61. The van der Waals surface area contributed by atoms with Crippen LogP contribution < -0.4 is 9.47 Å². The maximum absolute atomic E-state index is 5.71. The molecule has 2 nitrogen and oxygen atoms in total. The molecule has 0 saturated heterocycles. The summed E-state index contributed by atoms with van der Waals surface area (Å²) in [6, 6.07) is 7.61. The number of methoxy groups -OCH3 is 1.